The highest BCUT2D eigenvalue weighted by atomic mass is 14.4. The molecular weight excluding hydrogens is 172 g/mol. The molecular formula is C12H12N2. The zero-order valence-corrected chi connectivity index (χ0v) is 8.41. The van der Waals surface area contributed by atoms with Crippen LogP contribution in [0.15, 0.2) is 24.3 Å². The SMILES string of the molecule is Cc1ccccc1C(C)(C#N)CC#N. The van der Waals surface area contributed by atoms with Crippen molar-refractivity contribution >= 4 is 0 Å². The lowest BCUT2D eigenvalue weighted by Gasteiger charge is -2.20. The van der Waals surface area contributed by atoms with E-state index >= 15 is 0 Å². The molecule has 14 heavy (non-hydrogen) atoms. The van der Waals surface area contributed by atoms with E-state index < -0.39 is 5.41 Å². The molecule has 0 N–H and O–H groups in total. The summed E-state index contributed by atoms with van der Waals surface area (Å²) in [5.74, 6) is 0. The smallest absolute Gasteiger partial charge is 0.0926 e. The van der Waals surface area contributed by atoms with Crippen molar-refractivity contribution in [2.45, 2.75) is 25.7 Å². The summed E-state index contributed by atoms with van der Waals surface area (Å²) in [5, 5.41) is 17.8. The molecule has 70 valence electrons. The van der Waals surface area contributed by atoms with Crippen molar-refractivity contribution in [1.82, 2.24) is 0 Å². The number of rotatable bonds is 2. The van der Waals surface area contributed by atoms with Crippen molar-refractivity contribution in [3.05, 3.63) is 35.4 Å². The van der Waals surface area contributed by atoms with Crippen LogP contribution in [-0.4, -0.2) is 0 Å². The fourth-order valence-corrected chi connectivity index (χ4v) is 1.55. The first-order valence-electron chi connectivity index (χ1n) is 4.48. The molecule has 0 aromatic heterocycles. The topological polar surface area (TPSA) is 47.6 Å². The number of nitriles is 2. The lowest BCUT2D eigenvalue weighted by Crippen LogP contribution is -2.19. The van der Waals surface area contributed by atoms with Crippen LogP contribution in [-0.2, 0) is 5.41 Å². The van der Waals surface area contributed by atoms with E-state index in [2.05, 4.69) is 12.1 Å². The first-order chi connectivity index (χ1) is 6.64. The number of aryl methyl sites for hydroxylation is 1. The molecule has 0 heterocycles. The van der Waals surface area contributed by atoms with Gasteiger partial charge in [0.25, 0.3) is 0 Å². The number of nitrogens with zero attached hydrogens (tertiary/aromatic N) is 2. The molecule has 0 saturated heterocycles. The summed E-state index contributed by atoms with van der Waals surface area (Å²) in [5.41, 5.74) is 1.33. The molecule has 0 radical (unpaired) electrons. The van der Waals surface area contributed by atoms with E-state index in [1.165, 1.54) is 0 Å². The molecule has 1 aromatic carbocycles. The summed E-state index contributed by atoms with van der Waals surface area (Å²) >= 11 is 0. The first kappa shape index (κ1) is 10.3. The average Bonchev–Trinajstić information content (AvgIpc) is 2.18. The Bertz CT molecular complexity index is 409. The molecule has 0 bridgehead atoms. The highest BCUT2D eigenvalue weighted by Crippen LogP contribution is 2.28. The molecule has 0 saturated carbocycles. The highest BCUT2D eigenvalue weighted by molar-refractivity contribution is 5.38. The van der Waals surface area contributed by atoms with E-state index in [4.69, 9.17) is 10.5 Å². The van der Waals surface area contributed by atoms with Crippen molar-refractivity contribution < 1.29 is 0 Å². The quantitative estimate of drug-likeness (QED) is 0.709. The van der Waals surface area contributed by atoms with Crippen molar-refractivity contribution in [3.63, 3.8) is 0 Å². The van der Waals surface area contributed by atoms with Gasteiger partial charge < -0.3 is 0 Å². The maximum atomic E-state index is 9.09. The maximum Gasteiger partial charge on any atom is 0.0926 e. The van der Waals surface area contributed by atoms with Crippen LogP contribution in [0.1, 0.15) is 24.5 Å². The Labute approximate surface area is 84.4 Å². The van der Waals surface area contributed by atoms with E-state index in [9.17, 15) is 0 Å². The van der Waals surface area contributed by atoms with Gasteiger partial charge in [-0.05, 0) is 25.0 Å². The third-order valence-corrected chi connectivity index (χ3v) is 2.42. The standard InChI is InChI=1S/C12H12N2/c1-10-5-3-4-6-11(10)12(2,9-14)7-8-13/h3-6H,7H2,1-2H3. The number of benzene rings is 1. The van der Waals surface area contributed by atoms with Gasteiger partial charge in [0.15, 0.2) is 0 Å². The van der Waals surface area contributed by atoms with Crippen LogP contribution >= 0.6 is 0 Å². The van der Waals surface area contributed by atoms with Gasteiger partial charge >= 0.3 is 0 Å². The molecule has 1 aromatic rings. The number of hydrogen-bond acceptors (Lipinski definition) is 2. The molecule has 2 nitrogen and oxygen atoms in total. The molecule has 0 fully saturated rings. The van der Waals surface area contributed by atoms with E-state index in [0.29, 0.717) is 0 Å². The van der Waals surface area contributed by atoms with Crippen LogP contribution in [0.4, 0.5) is 0 Å². The molecule has 0 aliphatic rings. The lowest BCUT2D eigenvalue weighted by molar-refractivity contribution is 0.623. The monoisotopic (exact) mass is 184 g/mol. The van der Waals surface area contributed by atoms with Crippen molar-refractivity contribution in [2.75, 3.05) is 0 Å². The van der Waals surface area contributed by atoms with Crippen LogP contribution in [0.5, 0.6) is 0 Å². The summed E-state index contributed by atoms with van der Waals surface area (Å²) in [7, 11) is 0. The molecule has 0 aliphatic carbocycles. The van der Waals surface area contributed by atoms with E-state index in [1.54, 1.807) is 6.92 Å². The Hall–Kier alpha value is -1.80. The minimum Gasteiger partial charge on any atom is -0.198 e. The Balaban J connectivity index is 3.22. The molecule has 0 aliphatic heterocycles. The van der Waals surface area contributed by atoms with Crippen molar-refractivity contribution in [3.8, 4) is 12.1 Å². The fraction of sp³-hybridized carbons (Fsp3) is 0.333. The zero-order valence-electron chi connectivity index (χ0n) is 8.41. The van der Waals surface area contributed by atoms with Gasteiger partial charge in [-0.25, -0.2) is 0 Å². The minimum atomic E-state index is -0.680. The summed E-state index contributed by atoms with van der Waals surface area (Å²) in [6.07, 6.45) is 0.231. The minimum absolute atomic E-state index is 0.231. The lowest BCUT2D eigenvalue weighted by atomic mass is 9.79. The summed E-state index contributed by atoms with van der Waals surface area (Å²) in [6.45, 7) is 3.76. The number of hydrogen-bond donors (Lipinski definition) is 0. The Kier molecular flexibility index (Phi) is 2.89. The maximum absolute atomic E-state index is 9.09. The normalized spacial score (nSPS) is 13.7. The third-order valence-electron chi connectivity index (χ3n) is 2.42. The van der Waals surface area contributed by atoms with E-state index in [0.717, 1.165) is 11.1 Å². The van der Waals surface area contributed by atoms with Crippen LogP contribution < -0.4 is 0 Å². The van der Waals surface area contributed by atoms with E-state index in [1.807, 2.05) is 31.2 Å². The molecule has 0 amide bonds. The second kappa shape index (κ2) is 3.94. The van der Waals surface area contributed by atoms with Gasteiger partial charge in [0.1, 0.15) is 0 Å². The first-order valence-corrected chi connectivity index (χ1v) is 4.48. The fourth-order valence-electron chi connectivity index (χ4n) is 1.55. The largest absolute Gasteiger partial charge is 0.198 e. The molecule has 1 unspecified atom stereocenters. The van der Waals surface area contributed by atoms with Crippen LogP contribution in [0.3, 0.4) is 0 Å². The van der Waals surface area contributed by atoms with Crippen molar-refractivity contribution in [1.29, 1.82) is 10.5 Å². The summed E-state index contributed by atoms with van der Waals surface area (Å²) < 4.78 is 0. The van der Waals surface area contributed by atoms with Crippen LogP contribution in [0.25, 0.3) is 0 Å². The van der Waals surface area contributed by atoms with Gasteiger partial charge in [0.2, 0.25) is 0 Å². The summed E-state index contributed by atoms with van der Waals surface area (Å²) in [4.78, 5) is 0. The predicted molar refractivity (Wildman–Crippen MR) is 54.4 cm³/mol. The van der Waals surface area contributed by atoms with Crippen molar-refractivity contribution in [2.24, 2.45) is 0 Å². The highest BCUT2D eigenvalue weighted by Gasteiger charge is 2.27. The molecule has 1 rings (SSSR count). The van der Waals surface area contributed by atoms with Gasteiger partial charge in [-0.15, -0.1) is 0 Å². The molecule has 0 spiro atoms. The summed E-state index contributed by atoms with van der Waals surface area (Å²) in [6, 6.07) is 12.0. The van der Waals surface area contributed by atoms with Gasteiger partial charge in [0.05, 0.1) is 24.0 Å². The Morgan fingerprint density at radius 1 is 1.29 bits per heavy atom. The molecule has 1 atom stereocenters. The van der Waals surface area contributed by atoms with Crippen LogP contribution in [0.2, 0.25) is 0 Å². The van der Waals surface area contributed by atoms with Gasteiger partial charge in [-0.1, -0.05) is 24.3 Å². The third kappa shape index (κ3) is 1.75. The second-order valence-corrected chi connectivity index (χ2v) is 3.59. The Morgan fingerprint density at radius 3 is 2.43 bits per heavy atom. The van der Waals surface area contributed by atoms with Gasteiger partial charge in [-0.3, -0.25) is 0 Å². The Morgan fingerprint density at radius 2 is 1.93 bits per heavy atom. The van der Waals surface area contributed by atoms with E-state index in [-0.39, 0.29) is 6.42 Å². The zero-order chi connectivity index (χ0) is 10.6. The molecule has 2 heteroatoms. The average molecular weight is 184 g/mol. The predicted octanol–water partition coefficient (Wildman–Crippen LogP) is 2.69. The van der Waals surface area contributed by atoms with Crippen LogP contribution in [0, 0.1) is 29.6 Å². The van der Waals surface area contributed by atoms with Gasteiger partial charge in [-0.2, -0.15) is 10.5 Å². The van der Waals surface area contributed by atoms with Gasteiger partial charge in [0, 0.05) is 0 Å². The second-order valence-electron chi connectivity index (χ2n) is 3.59.